The predicted molar refractivity (Wildman–Crippen MR) is 183 cm³/mol. The summed E-state index contributed by atoms with van der Waals surface area (Å²) in [7, 11) is 0. The van der Waals surface area contributed by atoms with E-state index in [4.69, 9.17) is 9.98 Å². The van der Waals surface area contributed by atoms with Gasteiger partial charge in [0.05, 0.1) is 11.4 Å². The second-order valence-electron chi connectivity index (χ2n) is 11.3. The zero-order valence-electron chi connectivity index (χ0n) is 24.8. The van der Waals surface area contributed by atoms with E-state index in [0.717, 1.165) is 63.0 Å². The SMILES string of the molecule is C1=C2NC(=Cc3nc(cn3-c3ccccc3)C3=CN(c4ccccc4)C(=CC4N=C2C=[N+]4c2ccccc2)N3)N1c1ccccc1. The number of allylic oxidation sites excluding steroid dienone is 1. The number of aliphatic imine (C=N–C) groups is 1. The molecule has 1 atom stereocenters. The Morgan fingerprint density at radius 2 is 1.17 bits per heavy atom. The van der Waals surface area contributed by atoms with Crippen LogP contribution in [0.1, 0.15) is 11.5 Å². The molecule has 2 N–H and O–H groups in total. The lowest BCUT2D eigenvalue weighted by Gasteiger charge is -2.18. The normalized spacial score (nSPS) is 18.0. The smallest absolute Gasteiger partial charge is 0.275 e. The minimum absolute atomic E-state index is 0.292. The van der Waals surface area contributed by atoms with Crippen molar-refractivity contribution in [2.24, 2.45) is 4.99 Å². The van der Waals surface area contributed by atoms with E-state index in [1.54, 1.807) is 0 Å². The Morgan fingerprint density at radius 3 is 1.85 bits per heavy atom. The summed E-state index contributed by atoms with van der Waals surface area (Å²) < 4.78 is 4.35. The number of para-hydroxylation sites is 4. The maximum absolute atomic E-state index is 5.28. The van der Waals surface area contributed by atoms with Crippen molar-refractivity contribution in [3.8, 4) is 5.69 Å². The summed E-state index contributed by atoms with van der Waals surface area (Å²) >= 11 is 0. The monoisotopic (exact) mass is 597 g/mol. The highest BCUT2D eigenvalue weighted by Crippen LogP contribution is 2.33. The third-order valence-electron chi connectivity index (χ3n) is 8.39. The van der Waals surface area contributed by atoms with E-state index in [-0.39, 0.29) is 6.17 Å². The van der Waals surface area contributed by atoms with Gasteiger partial charge >= 0.3 is 0 Å². The zero-order valence-corrected chi connectivity index (χ0v) is 24.8. The lowest BCUT2D eigenvalue weighted by molar-refractivity contribution is -0.459. The van der Waals surface area contributed by atoms with E-state index in [0.29, 0.717) is 0 Å². The van der Waals surface area contributed by atoms with Crippen LogP contribution < -0.4 is 20.4 Å². The Balaban J connectivity index is 1.27. The van der Waals surface area contributed by atoms with E-state index in [9.17, 15) is 0 Å². The van der Waals surface area contributed by atoms with Crippen LogP contribution in [0.15, 0.2) is 168 Å². The number of rotatable bonds is 4. The lowest BCUT2D eigenvalue weighted by Crippen LogP contribution is -2.23. The van der Waals surface area contributed by atoms with Crippen molar-refractivity contribution in [3.63, 3.8) is 0 Å². The number of aromatic nitrogens is 2. The van der Waals surface area contributed by atoms with Gasteiger partial charge in [-0.3, -0.25) is 4.57 Å². The van der Waals surface area contributed by atoms with Crippen molar-refractivity contribution in [3.05, 3.63) is 175 Å². The van der Waals surface area contributed by atoms with Crippen LogP contribution in [-0.4, -0.2) is 32.2 Å². The van der Waals surface area contributed by atoms with Gasteiger partial charge in [0, 0.05) is 59.9 Å². The largest absolute Gasteiger partial charge is 0.338 e. The van der Waals surface area contributed by atoms with Crippen LogP contribution in [-0.2, 0) is 0 Å². The molecule has 8 heteroatoms. The summed E-state index contributed by atoms with van der Waals surface area (Å²) in [5, 5.41) is 7.38. The number of fused-ring (bicyclic) bond motifs is 9. The van der Waals surface area contributed by atoms with Crippen molar-refractivity contribution in [1.29, 1.82) is 0 Å². The molecule has 8 nitrogen and oxygen atoms in total. The van der Waals surface area contributed by atoms with Crippen LogP contribution in [0.2, 0.25) is 0 Å². The predicted octanol–water partition coefficient (Wildman–Crippen LogP) is 6.58. The molecule has 0 fully saturated rings. The van der Waals surface area contributed by atoms with Gasteiger partial charge in [0.25, 0.3) is 6.17 Å². The third kappa shape index (κ3) is 4.51. The minimum Gasteiger partial charge on any atom is -0.338 e. The maximum Gasteiger partial charge on any atom is 0.275 e. The van der Waals surface area contributed by atoms with Gasteiger partial charge in [-0.25, -0.2) is 9.98 Å². The van der Waals surface area contributed by atoms with Gasteiger partial charge in [-0.1, -0.05) is 72.8 Å². The first-order valence-corrected chi connectivity index (χ1v) is 15.3. The van der Waals surface area contributed by atoms with E-state index in [2.05, 4.69) is 151 Å². The average molecular weight is 598 g/mol. The van der Waals surface area contributed by atoms with Crippen molar-refractivity contribution >= 4 is 40.8 Å². The summed E-state index contributed by atoms with van der Waals surface area (Å²) in [6.07, 6.45) is 12.4. The topological polar surface area (TPSA) is 63.7 Å². The Labute approximate surface area is 266 Å². The van der Waals surface area contributed by atoms with Gasteiger partial charge in [-0.05, 0) is 36.4 Å². The fourth-order valence-electron chi connectivity index (χ4n) is 6.17. The summed E-state index contributed by atoms with van der Waals surface area (Å²) in [4.78, 5) is 14.8. The van der Waals surface area contributed by atoms with Crippen molar-refractivity contribution in [2.45, 2.75) is 6.17 Å². The van der Waals surface area contributed by atoms with Crippen LogP contribution in [0.5, 0.6) is 0 Å². The van der Waals surface area contributed by atoms with Gasteiger partial charge in [-0.2, -0.15) is 4.58 Å². The molecule has 4 aromatic carbocycles. The highest BCUT2D eigenvalue weighted by Gasteiger charge is 2.35. The van der Waals surface area contributed by atoms with Gasteiger partial charge in [0.2, 0.25) is 5.69 Å². The summed E-state index contributed by atoms with van der Waals surface area (Å²) in [5.41, 5.74) is 7.67. The zero-order chi connectivity index (χ0) is 30.5. The molecule has 4 aliphatic heterocycles. The standard InChI is InChI=1S/C38H29N8/c1-5-13-27(14-6-1)43-23-31-32-24-45(29-17-9-3-10-18-29)37(40-32)22-38-42-34(26-46(38)30-19-11-4-12-20-30)33-25-44(28-15-7-2-8-16-28)36(41-33)21-35(43)39-31/h1-26,35,40-41H/q+1. The van der Waals surface area contributed by atoms with E-state index in [1.807, 2.05) is 36.4 Å². The van der Waals surface area contributed by atoms with Crippen LogP contribution in [0.4, 0.5) is 17.1 Å². The summed E-state index contributed by atoms with van der Waals surface area (Å²) in [5.74, 6) is 2.59. The molecule has 5 heterocycles. The molecule has 220 valence electrons. The average Bonchev–Trinajstić information content (AvgIpc) is 3.92. The summed E-state index contributed by atoms with van der Waals surface area (Å²) in [6, 6.07) is 41.4. The number of imidazole rings is 1. The number of nitrogens with one attached hydrogen (secondary N) is 2. The molecule has 0 radical (unpaired) electrons. The van der Waals surface area contributed by atoms with Gasteiger partial charge in [-0.15, -0.1) is 0 Å². The van der Waals surface area contributed by atoms with E-state index < -0.39 is 0 Å². The number of benzene rings is 4. The Kier molecular flexibility index (Phi) is 6.02. The fraction of sp³-hybridized carbons (Fsp3) is 0.0263. The van der Waals surface area contributed by atoms with Crippen LogP contribution in [0.3, 0.4) is 0 Å². The highest BCUT2D eigenvalue weighted by molar-refractivity contribution is 6.37. The summed E-state index contributed by atoms with van der Waals surface area (Å²) in [6.45, 7) is 0. The number of hydrogen-bond donors (Lipinski definition) is 2. The molecule has 0 amide bonds. The lowest BCUT2D eigenvalue weighted by atomic mass is 10.2. The molecule has 46 heavy (non-hydrogen) atoms. The van der Waals surface area contributed by atoms with Crippen LogP contribution in [0, 0.1) is 0 Å². The first-order valence-electron chi connectivity index (χ1n) is 15.3. The number of nitrogens with zero attached hydrogens (tertiary/aromatic N) is 6. The van der Waals surface area contributed by atoms with Crippen molar-refractivity contribution in [1.82, 2.24) is 20.2 Å². The molecule has 5 aromatic rings. The molecule has 4 aliphatic rings. The molecule has 1 unspecified atom stereocenters. The molecule has 1 aromatic heterocycles. The molecule has 0 aliphatic carbocycles. The molecule has 0 saturated heterocycles. The highest BCUT2D eigenvalue weighted by atomic mass is 15.3. The molecule has 0 spiro atoms. The quantitative estimate of drug-likeness (QED) is 0.229. The van der Waals surface area contributed by atoms with Gasteiger partial charge in [0.1, 0.15) is 23.2 Å². The van der Waals surface area contributed by atoms with E-state index >= 15 is 0 Å². The fourth-order valence-corrected chi connectivity index (χ4v) is 6.17. The Hall–Kier alpha value is -6.41. The second kappa shape index (κ2) is 10.6. The van der Waals surface area contributed by atoms with E-state index in [1.165, 1.54) is 0 Å². The first kappa shape index (κ1) is 26.0. The molecule has 9 rings (SSSR count). The van der Waals surface area contributed by atoms with Crippen LogP contribution in [0.25, 0.3) is 17.5 Å². The van der Waals surface area contributed by atoms with Gasteiger partial charge in [0.15, 0.2) is 11.9 Å². The van der Waals surface area contributed by atoms with Crippen molar-refractivity contribution in [2.75, 3.05) is 9.80 Å². The number of hydrogen-bond acceptors (Lipinski definition) is 6. The maximum atomic E-state index is 5.28. The number of anilines is 2. The third-order valence-corrected chi connectivity index (χ3v) is 8.39. The molecular weight excluding hydrogens is 568 g/mol. The Morgan fingerprint density at radius 1 is 0.609 bits per heavy atom. The minimum atomic E-state index is -0.292. The molecule has 8 bridgehead atoms. The van der Waals surface area contributed by atoms with Crippen molar-refractivity contribution < 1.29 is 4.58 Å². The van der Waals surface area contributed by atoms with Gasteiger partial charge < -0.3 is 20.4 Å². The molecule has 0 saturated carbocycles. The van der Waals surface area contributed by atoms with Crippen LogP contribution >= 0.6 is 0 Å². The Bertz CT molecular complexity index is 2140. The molecular formula is C38H29N8+. The second-order valence-corrected chi connectivity index (χ2v) is 11.3. The first-order chi connectivity index (χ1) is 22.8.